The van der Waals surface area contributed by atoms with E-state index in [-0.39, 0.29) is 0 Å². The lowest BCUT2D eigenvalue weighted by Gasteiger charge is -2.32. The van der Waals surface area contributed by atoms with Crippen molar-refractivity contribution in [2.24, 2.45) is 0 Å². The quantitative estimate of drug-likeness (QED) is 0.861. The van der Waals surface area contributed by atoms with E-state index in [0.29, 0.717) is 6.04 Å². The van der Waals surface area contributed by atoms with Crippen molar-refractivity contribution in [3.8, 4) is 0 Å². The van der Waals surface area contributed by atoms with Gasteiger partial charge in [0.05, 0.1) is 5.69 Å². The highest BCUT2D eigenvalue weighted by atomic mass is 15.2. The lowest BCUT2D eigenvalue weighted by Crippen LogP contribution is -2.42. The molecule has 0 amide bonds. The molecule has 1 fully saturated rings. The predicted molar refractivity (Wildman–Crippen MR) is 70.9 cm³/mol. The number of pyridine rings is 1. The second-order valence-corrected chi connectivity index (χ2v) is 5.03. The Morgan fingerprint density at radius 1 is 1.41 bits per heavy atom. The van der Waals surface area contributed by atoms with E-state index in [4.69, 9.17) is 0 Å². The molecule has 0 aliphatic carbocycles. The first kappa shape index (κ1) is 12.5. The van der Waals surface area contributed by atoms with Crippen molar-refractivity contribution in [3.63, 3.8) is 0 Å². The van der Waals surface area contributed by atoms with Crippen LogP contribution in [0.2, 0.25) is 0 Å². The summed E-state index contributed by atoms with van der Waals surface area (Å²) in [6.07, 6.45) is 4.05. The van der Waals surface area contributed by atoms with E-state index >= 15 is 0 Å². The van der Waals surface area contributed by atoms with Gasteiger partial charge in [-0.3, -0.25) is 4.98 Å². The Balaban J connectivity index is 1.75. The van der Waals surface area contributed by atoms with Gasteiger partial charge in [0.25, 0.3) is 0 Å². The minimum absolute atomic E-state index is 0.702. The van der Waals surface area contributed by atoms with E-state index in [1.165, 1.54) is 25.8 Å². The fraction of sp³-hybridized carbons (Fsp3) is 0.643. The average Bonchev–Trinajstić information content (AvgIpc) is 2.32. The average molecular weight is 233 g/mol. The standard InChI is InChI=1S/C14H23N3/c1-12-6-5-7-13(16-12)10-15-11-14-8-3-4-9-17(14)2/h5-7,14-15H,3-4,8-11H2,1-2H3. The number of aromatic nitrogens is 1. The maximum absolute atomic E-state index is 4.50. The summed E-state index contributed by atoms with van der Waals surface area (Å²) in [5.74, 6) is 0. The first-order valence-electron chi connectivity index (χ1n) is 6.59. The number of nitrogens with zero attached hydrogens (tertiary/aromatic N) is 2. The lowest BCUT2D eigenvalue weighted by atomic mass is 10.0. The molecule has 2 rings (SSSR count). The molecule has 1 N–H and O–H groups in total. The zero-order valence-corrected chi connectivity index (χ0v) is 10.9. The van der Waals surface area contributed by atoms with Gasteiger partial charge in [-0.05, 0) is 45.5 Å². The van der Waals surface area contributed by atoms with E-state index in [1.807, 2.05) is 13.0 Å². The lowest BCUT2D eigenvalue weighted by molar-refractivity contribution is 0.181. The Morgan fingerprint density at radius 3 is 3.06 bits per heavy atom. The van der Waals surface area contributed by atoms with Crippen molar-refractivity contribution in [3.05, 3.63) is 29.6 Å². The zero-order chi connectivity index (χ0) is 12.1. The number of hydrogen-bond donors (Lipinski definition) is 1. The van der Waals surface area contributed by atoms with Gasteiger partial charge in [-0.1, -0.05) is 12.5 Å². The minimum Gasteiger partial charge on any atom is -0.310 e. The van der Waals surface area contributed by atoms with Crippen LogP contribution < -0.4 is 5.32 Å². The Kier molecular flexibility index (Phi) is 4.51. The van der Waals surface area contributed by atoms with Crippen LogP contribution in [-0.2, 0) is 6.54 Å². The molecule has 2 heterocycles. The van der Waals surface area contributed by atoms with Crippen molar-refractivity contribution in [2.45, 2.75) is 38.8 Å². The largest absolute Gasteiger partial charge is 0.310 e. The molecule has 0 saturated carbocycles. The summed E-state index contributed by atoms with van der Waals surface area (Å²) in [6, 6.07) is 6.91. The number of nitrogens with one attached hydrogen (secondary N) is 1. The summed E-state index contributed by atoms with van der Waals surface area (Å²) in [4.78, 5) is 6.97. The molecule has 3 heteroatoms. The van der Waals surface area contributed by atoms with Crippen molar-refractivity contribution in [2.75, 3.05) is 20.1 Å². The first-order valence-corrected chi connectivity index (χ1v) is 6.59. The molecule has 1 saturated heterocycles. The van der Waals surface area contributed by atoms with Crippen molar-refractivity contribution < 1.29 is 0 Å². The van der Waals surface area contributed by atoms with Gasteiger partial charge >= 0.3 is 0 Å². The third-order valence-electron chi connectivity index (χ3n) is 3.55. The summed E-state index contributed by atoms with van der Waals surface area (Å²) >= 11 is 0. The second kappa shape index (κ2) is 6.12. The Labute approximate surface area is 104 Å². The highest BCUT2D eigenvalue weighted by Crippen LogP contribution is 2.14. The van der Waals surface area contributed by atoms with Crippen LogP contribution in [0.4, 0.5) is 0 Å². The molecule has 0 radical (unpaired) electrons. The summed E-state index contributed by atoms with van der Waals surface area (Å²) in [6.45, 7) is 5.24. The number of piperidine rings is 1. The van der Waals surface area contributed by atoms with Gasteiger partial charge < -0.3 is 10.2 Å². The van der Waals surface area contributed by atoms with E-state index < -0.39 is 0 Å². The minimum atomic E-state index is 0.702. The van der Waals surface area contributed by atoms with Gasteiger partial charge in [0, 0.05) is 24.8 Å². The van der Waals surface area contributed by atoms with Gasteiger partial charge in [0.1, 0.15) is 0 Å². The maximum Gasteiger partial charge on any atom is 0.0544 e. The zero-order valence-electron chi connectivity index (χ0n) is 10.9. The van der Waals surface area contributed by atoms with Crippen LogP contribution in [0.3, 0.4) is 0 Å². The fourth-order valence-electron chi connectivity index (χ4n) is 2.47. The molecule has 0 aromatic carbocycles. The summed E-state index contributed by atoms with van der Waals surface area (Å²) in [5.41, 5.74) is 2.24. The number of likely N-dealkylation sites (tertiary alicyclic amines) is 1. The molecular weight excluding hydrogens is 210 g/mol. The Morgan fingerprint density at radius 2 is 2.29 bits per heavy atom. The van der Waals surface area contributed by atoms with E-state index in [1.54, 1.807) is 0 Å². The van der Waals surface area contributed by atoms with Gasteiger partial charge in [0.15, 0.2) is 0 Å². The van der Waals surface area contributed by atoms with E-state index in [9.17, 15) is 0 Å². The molecule has 1 aliphatic rings. The molecule has 0 spiro atoms. The van der Waals surface area contributed by atoms with Crippen LogP contribution in [-0.4, -0.2) is 36.1 Å². The van der Waals surface area contributed by atoms with Crippen molar-refractivity contribution >= 4 is 0 Å². The predicted octanol–water partition coefficient (Wildman–Crippen LogP) is 1.96. The van der Waals surface area contributed by atoms with Crippen LogP contribution in [0.15, 0.2) is 18.2 Å². The number of aryl methyl sites for hydroxylation is 1. The van der Waals surface area contributed by atoms with E-state index in [2.05, 4.69) is 34.4 Å². The molecule has 1 aromatic rings. The van der Waals surface area contributed by atoms with Gasteiger partial charge in [0.2, 0.25) is 0 Å². The molecule has 1 aliphatic heterocycles. The molecule has 0 bridgehead atoms. The maximum atomic E-state index is 4.50. The number of hydrogen-bond acceptors (Lipinski definition) is 3. The number of rotatable bonds is 4. The van der Waals surface area contributed by atoms with Gasteiger partial charge in [-0.2, -0.15) is 0 Å². The van der Waals surface area contributed by atoms with Crippen LogP contribution in [0.1, 0.15) is 30.7 Å². The third kappa shape index (κ3) is 3.79. The topological polar surface area (TPSA) is 28.2 Å². The Bertz CT molecular complexity index is 351. The van der Waals surface area contributed by atoms with Gasteiger partial charge in [-0.25, -0.2) is 0 Å². The van der Waals surface area contributed by atoms with Crippen LogP contribution in [0, 0.1) is 6.92 Å². The normalized spacial score (nSPS) is 21.6. The molecule has 94 valence electrons. The Hall–Kier alpha value is -0.930. The summed E-state index contributed by atoms with van der Waals surface area (Å²) in [7, 11) is 2.23. The number of likely N-dealkylation sites (N-methyl/N-ethyl adjacent to an activating group) is 1. The monoisotopic (exact) mass is 233 g/mol. The third-order valence-corrected chi connectivity index (χ3v) is 3.55. The molecule has 1 unspecified atom stereocenters. The van der Waals surface area contributed by atoms with Crippen LogP contribution in [0.25, 0.3) is 0 Å². The van der Waals surface area contributed by atoms with Crippen molar-refractivity contribution in [1.82, 2.24) is 15.2 Å². The molecule has 1 aromatic heterocycles. The molecule has 17 heavy (non-hydrogen) atoms. The molecule has 3 nitrogen and oxygen atoms in total. The molecular formula is C14H23N3. The summed E-state index contributed by atoms with van der Waals surface area (Å²) in [5, 5.41) is 3.52. The first-order chi connectivity index (χ1) is 8.25. The highest BCUT2D eigenvalue weighted by Gasteiger charge is 2.17. The van der Waals surface area contributed by atoms with E-state index in [0.717, 1.165) is 24.5 Å². The summed E-state index contributed by atoms with van der Waals surface area (Å²) < 4.78 is 0. The fourth-order valence-corrected chi connectivity index (χ4v) is 2.47. The van der Waals surface area contributed by atoms with Crippen molar-refractivity contribution in [1.29, 1.82) is 0 Å². The van der Waals surface area contributed by atoms with Crippen LogP contribution in [0.5, 0.6) is 0 Å². The highest BCUT2D eigenvalue weighted by molar-refractivity contribution is 5.09. The smallest absolute Gasteiger partial charge is 0.0544 e. The van der Waals surface area contributed by atoms with Crippen LogP contribution >= 0.6 is 0 Å². The molecule has 1 atom stereocenters. The second-order valence-electron chi connectivity index (χ2n) is 5.03. The van der Waals surface area contributed by atoms with Gasteiger partial charge in [-0.15, -0.1) is 0 Å². The SMILES string of the molecule is Cc1cccc(CNCC2CCCCN2C)n1.